The number of para-hydroxylation sites is 1. The van der Waals surface area contributed by atoms with Gasteiger partial charge in [-0.3, -0.25) is 9.20 Å². The Hall–Kier alpha value is -3.61. The van der Waals surface area contributed by atoms with Gasteiger partial charge in [0.05, 0.1) is 32.2 Å². The van der Waals surface area contributed by atoms with E-state index in [4.69, 9.17) is 9.15 Å². The third-order valence-corrected chi connectivity index (χ3v) is 3.98. The number of amides is 1. The number of furan rings is 1. The highest BCUT2D eigenvalue weighted by molar-refractivity contribution is 5.92. The molecule has 1 amide bonds. The number of benzene rings is 1. The average molecular weight is 348 g/mol. The summed E-state index contributed by atoms with van der Waals surface area (Å²) in [7, 11) is 1.59. The van der Waals surface area contributed by atoms with E-state index in [1.165, 1.54) is 0 Å². The van der Waals surface area contributed by atoms with Gasteiger partial charge in [-0.05, 0) is 18.2 Å². The quantitative estimate of drug-likeness (QED) is 0.599. The Morgan fingerprint density at radius 2 is 2.08 bits per heavy atom. The van der Waals surface area contributed by atoms with Gasteiger partial charge in [-0.25, -0.2) is 9.97 Å². The Bertz CT molecular complexity index is 1050. The molecule has 0 saturated carbocycles. The molecule has 0 saturated heterocycles. The first-order chi connectivity index (χ1) is 12.7. The molecule has 4 rings (SSSR count). The molecule has 7 nitrogen and oxygen atoms in total. The van der Waals surface area contributed by atoms with Crippen molar-refractivity contribution in [3.8, 4) is 17.2 Å². The zero-order valence-corrected chi connectivity index (χ0v) is 14.0. The lowest BCUT2D eigenvalue weighted by atomic mass is 10.1. The molecule has 3 aromatic heterocycles. The number of nitrogens with zero attached hydrogens (tertiary/aromatic N) is 3. The van der Waals surface area contributed by atoms with Gasteiger partial charge >= 0.3 is 0 Å². The third kappa shape index (κ3) is 3.02. The van der Waals surface area contributed by atoms with Crippen LogP contribution in [0.15, 0.2) is 65.7 Å². The first-order valence-corrected chi connectivity index (χ1v) is 8.03. The molecule has 0 aliphatic heterocycles. The summed E-state index contributed by atoms with van der Waals surface area (Å²) in [6, 6.07) is 11.1. The number of carbonyl (C=O) groups excluding carboxylic acids is 1. The van der Waals surface area contributed by atoms with Gasteiger partial charge in [0.15, 0.2) is 11.4 Å². The van der Waals surface area contributed by atoms with Crippen LogP contribution in [0, 0.1) is 0 Å². The summed E-state index contributed by atoms with van der Waals surface area (Å²) in [6.07, 6.45) is 6.80. The Balaban J connectivity index is 1.58. The topological polar surface area (TPSA) is 81.7 Å². The fraction of sp³-hybridized carbons (Fsp3) is 0.105. The molecule has 0 radical (unpaired) electrons. The van der Waals surface area contributed by atoms with Crippen LogP contribution in [-0.4, -0.2) is 27.4 Å². The fourth-order valence-electron chi connectivity index (χ4n) is 2.74. The second-order valence-corrected chi connectivity index (χ2v) is 5.66. The number of rotatable bonds is 5. The van der Waals surface area contributed by atoms with Crippen molar-refractivity contribution in [3.63, 3.8) is 0 Å². The molecule has 0 spiro atoms. The molecule has 26 heavy (non-hydrogen) atoms. The van der Waals surface area contributed by atoms with Gasteiger partial charge in [0.1, 0.15) is 17.3 Å². The molecule has 4 aromatic rings. The van der Waals surface area contributed by atoms with Crippen molar-refractivity contribution in [3.05, 3.63) is 66.8 Å². The number of fused-ring (bicyclic) bond motifs is 1. The molecule has 0 aliphatic carbocycles. The van der Waals surface area contributed by atoms with E-state index < -0.39 is 0 Å². The number of hydrogen-bond acceptors (Lipinski definition) is 5. The predicted molar refractivity (Wildman–Crippen MR) is 96.0 cm³/mol. The monoisotopic (exact) mass is 348 g/mol. The van der Waals surface area contributed by atoms with E-state index in [2.05, 4.69) is 15.3 Å². The number of carbonyl (C=O) groups is 1. The number of methoxy groups -OCH3 is 1. The van der Waals surface area contributed by atoms with E-state index in [0.29, 0.717) is 28.7 Å². The van der Waals surface area contributed by atoms with Crippen molar-refractivity contribution in [2.24, 2.45) is 0 Å². The number of aromatic nitrogens is 3. The molecule has 3 heterocycles. The highest BCUT2D eigenvalue weighted by Gasteiger charge is 2.12. The van der Waals surface area contributed by atoms with E-state index in [0.717, 1.165) is 5.56 Å². The molecular formula is C19H16N4O3. The SMILES string of the molecule is COc1ccccc1CC(=O)Nc1cnc2cnc(-c3ccco3)cn12. The maximum atomic E-state index is 12.5. The lowest BCUT2D eigenvalue weighted by Crippen LogP contribution is -2.16. The Morgan fingerprint density at radius 3 is 2.88 bits per heavy atom. The first kappa shape index (κ1) is 15.9. The lowest BCUT2D eigenvalue weighted by molar-refractivity contribution is -0.115. The van der Waals surface area contributed by atoms with Crippen molar-refractivity contribution in [2.75, 3.05) is 12.4 Å². The lowest BCUT2D eigenvalue weighted by Gasteiger charge is -2.09. The van der Waals surface area contributed by atoms with E-state index in [1.807, 2.05) is 30.3 Å². The highest BCUT2D eigenvalue weighted by Crippen LogP contribution is 2.21. The zero-order valence-electron chi connectivity index (χ0n) is 14.0. The summed E-state index contributed by atoms with van der Waals surface area (Å²) >= 11 is 0. The van der Waals surface area contributed by atoms with E-state index in [-0.39, 0.29) is 12.3 Å². The second-order valence-electron chi connectivity index (χ2n) is 5.66. The van der Waals surface area contributed by atoms with Gasteiger partial charge in [0.2, 0.25) is 5.91 Å². The van der Waals surface area contributed by atoms with E-state index >= 15 is 0 Å². The Kier molecular flexibility index (Phi) is 4.10. The molecular weight excluding hydrogens is 332 g/mol. The van der Waals surface area contributed by atoms with E-state index in [1.54, 1.807) is 42.4 Å². The third-order valence-electron chi connectivity index (χ3n) is 3.98. The molecule has 1 N–H and O–H groups in total. The maximum absolute atomic E-state index is 12.5. The van der Waals surface area contributed by atoms with Crippen LogP contribution in [0.1, 0.15) is 5.56 Å². The normalized spacial score (nSPS) is 10.8. The minimum Gasteiger partial charge on any atom is -0.496 e. The average Bonchev–Trinajstić information content (AvgIpc) is 3.32. The van der Waals surface area contributed by atoms with Gasteiger partial charge in [-0.1, -0.05) is 18.2 Å². The van der Waals surface area contributed by atoms with Gasteiger partial charge in [0, 0.05) is 11.8 Å². The highest BCUT2D eigenvalue weighted by atomic mass is 16.5. The number of nitrogens with one attached hydrogen (secondary N) is 1. The van der Waals surface area contributed by atoms with Crippen LogP contribution < -0.4 is 10.1 Å². The number of ether oxygens (including phenoxy) is 1. The summed E-state index contributed by atoms with van der Waals surface area (Å²) in [4.78, 5) is 21.1. The predicted octanol–water partition coefficient (Wildman–Crippen LogP) is 3.18. The van der Waals surface area contributed by atoms with Crippen molar-refractivity contribution in [1.82, 2.24) is 14.4 Å². The molecule has 0 bridgehead atoms. The van der Waals surface area contributed by atoms with Crippen LogP contribution in [0.25, 0.3) is 17.1 Å². The van der Waals surface area contributed by atoms with Crippen LogP contribution in [0.2, 0.25) is 0 Å². The van der Waals surface area contributed by atoms with Gasteiger partial charge in [-0.2, -0.15) is 0 Å². The van der Waals surface area contributed by atoms with Crippen molar-refractivity contribution in [2.45, 2.75) is 6.42 Å². The molecule has 0 aliphatic rings. The van der Waals surface area contributed by atoms with E-state index in [9.17, 15) is 4.79 Å². The molecule has 130 valence electrons. The fourth-order valence-corrected chi connectivity index (χ4v) is 2.74. The standard InChI is InChI=1S/C19H16N4O3/c1-25-15-6-3-2-5-13(15)9-19(24)22-18-11-21-17-10-20-14(12-23(17)18)16-7-4-8-26-16/h2-8,10-12H,9H2,1H3,(H,22,24). The largest absolute Gasteiger partial charge is 0.496 e. The summed E-state index contributed by atoms with van der Waals surface area (Å²) in [5.41, 5.74) is 2.10. The minimum atomic E-state index is -0.160. The van der Waals surface area contributed by atoms with Crippen LogP contribution in [0.5, 0.6) is 5.75 Å². The number of hydrogen-bond donors (Lipinski definition) is 1. The van der Waals surface area contributed by atoms with Crippen LogP contribution in [0.3, 0.4) is 0 Å². The van der Waals surface area contributed by atoms with Crippen LogP contribution in [0.4, 0.5) is 5.82 Å². The smallest absolute Gasteiger partial charge is 0.230 e. The summed E-state index contributed by atoms with van der Waals surface area (Å²) < 4.78 is 12.4. The van der Waals surface area contributed by atoms with Crippen LogP contribution in [-0.2, 0) is 11.2 Å². The van der Waals surface area contributed by atoms with Crippen molar-refractivity contribution < 1.29 is 13.9 Å². The molecule has 0 unspecified atom stereocenters. The maximum Gasteiger partial charge on any atom is 0.230 e. The van der Waals surface area contributed by atoms with Gasteiger partial charge in [-0.15, -0.1) is 0 Å². The molecule has 0 atom stereocenters. The molecule has 0 fully saturated rings. The molecule has 1 aromatic carbocycles. The Morgan fingerprint density at radius 1 is 1.19 bits per heavy atom. The second kappa shape index (κ2) is 6.72. The zero-order chi connectivity index (χ0) is 17.9. The van der Waals surface area contributed by atoms with Gasteiger partial charge in [0.25, 0.3) is 0 Å². The summed E-state index contributed by atoms with van der Waals surface area (Å²) in [5.74, 6) is 1.74. The molecule has 7 heteroatoms. The minimum absolute atomic E-state index is 0.160. The van der Waals surface area contributed by atoms with Crippen LogP contribution >= 0.6 is 0 Å². The summed E-state index contributed by atoms with van der Waals surface area (Å²) in [6.45, 7) is 0. The van der Waals surface area contributed by atoms with Crippen molar-refractivity contribution >= 4 is 17.4 Å². The number of anilines is 1. The number of imidazole rings is 1. The van der Waals surface area contributed by atoms with Gasteiger partial charge < -0.3 is 14.5 Å². The summed E-state index contributed by atoms with van der Waals surface area (Å²) in [5, 5.41) is 2.88. The van der Waals surface area contributed by atoms with Crippen molar-refractivity contribution in [1.29, 1.82) is 0 Å². The first-order valence-electron chi connectivity index (χ1n) is 8.03. The Labute approximate surface area is 149 Å².